The van der Waals surface area contributed by atoms with Gasteiger partial charge in [-0.3, -0.25) is 4.79 Å². The van der Waals surface area contributed by atoms with Crippen molar-refractivity contribution in [2.75, 3.05) is 13.7 Å². The Hall–Kier alpha value is -3.07. The fourth-order valence-electron chi connectivity index (χ4n) is 2.83. The van der Waals surface area contributed by atoms with Crippen LogP contribution < -0.4 is 10.1 Å². The van der Waals surface area contributed by atoms with Crippen LogP contribution >= 0.6 is 0 Å². The van der Waals surface area contributed by atoms with Crippen LogP contribution in [0.1, 0.15) is 11.1 Å². The second-order valence-electron chi connectivity index (χ2n) is 6.19. The van der Waals surface area contributed by atoms with Gasteiger partial charge in [0.2, 0.25) is 5.91 Å². The molecule has 3 nitrogen and oxygen atoms in total. The largest absolute Gasteiger partial charge is 0.497 e. The maximum absolute atomic E-state index is 12.1. The molecule has 0 aromatic heterocycles. The van der Waals surface area contributed by atoms with Gasteiger partial charge < -0.3 is 10.1 Å². The summed E-state index contributed by atoms with van der Waals surface area (Å²) in [5, 5.41) is 2.98. The number of benzene rings is 3. The molecule has 1 N–H and O–H groups in total. The average Bonchev–Trinajstić information content (AvgIpc) is 2.70. The van der Waals surface area contributed by atoms with E-state index in [9.17, 15) is 4.79 Å². The van der Waals surface area contributed by atoms with Crippen molar-refractivity contribution in [1.82, 2.24) is 5.32 Å². The first-order valence-electron chi connectivity index (χ1n) is 8.78. The number of methoxy groups -OCH3 is 1. The number of ether oxygens (including phenoxy) is 1. The maximum Gasteiger partial charge on any atom is 0.224 e. The summed E-state index contributed by atoms with van der Waals surface area (Å²) in [5.74, 6) is 0.891. The lowest BCUT2D eigenvalue weighted by atomic mass is 10.0. The molecule has 0 heterocycles. The summed E-state index contributed by atoms with van der Waals surface area (Å²) in [6.45, 7) is 0.632. The van der Waals surface area contributed by atoms with Crippen molar-refractivity contribution in [1.29, 1.82) is 0 Å². The predicted molar refractivity (Wildman–Crippen MR) is 105 cm³/mol. The summed E-state index contributed by atoms with van der Waals surface area (Å²) in [5.41, 5.74) is 4.54. The summed E-state index contributed by atoms with van der Waals surface area (Å²) < 4.78 is 5.15. The minimum atomic E-state index is 0.0472. The van der Waals surface area contributed by atoms with Gasteiger partial charge in [-0.1, -0.05) is 66.7 Å². The zero-order valence-corrected chi connectivity index (χ0v) is 14.9. The van der Waals surface area contributed by atoms with E-state index in [0.29, 0.717) is 13.0 Å². The lowest BCUT2D eigenvalue weighted by Gasteiger charge is -2.07. The van der Waals surface area contributed by atoms with Gasteiger partial charge >= 0.3 is 0 Å². The molecule has 0 saturated carbocycles. The molecule has 3 rings (SSSR count). The highest BCUT2D eigenvalue weighted by atomic mass is 16.5. The molecule has 26 heavy (non-hydrogen) atoms. The Morgan fingerprint density at radius 1 is 0.808 bits per heavy atom. The van der Waals surface area contributed by atoms with Gasteiger partial charge in [0.1, 0.15) is 5.75 Å². The summed E-state index contributed by atoms with van der Waals surface area (Å²) in [6, 6.07) is 26.3. The minimum Gasteiger partial charge on any atom is -0.497 e. The number of hydrogen-bond acceptors (Lipinski definition) is 2. The van der Waals surface area contributed by atoms with Crippen molar-refractivity contribution in [2.45, 2.75) is 12.8 Å². The highest BCUT2D eigenvalue weighted by Crippen LogP contribution is 2.19. The Morgan fingerprint density at radius 2 is 1.42 bits per heavy atom. The molecule has 0 aliphatic heterocycles. The van der Waals surface area contributed by atoms with E-state index in [4.69, 9.17) is 4.74 Å². The lowest BCUT2D eigenvalue weighted by molar-refractivity contribution is -0.120. The van der Waals surface area contributed by atoms with Crippen molar-refractivity contribution in [2.24, 2.45) is 0 Å². The molecular formula is C23H23NO2. The molecule has 0 bridgehead atoms. The lowest BCUT2D eigenvalue weighted by Crippen LogP contribution is -2.27. The topological polar surface area (TPSA) is 38.3 Å². The van der Waals surface area contributed by atoms with E-state index in [-0.39, 0.29) is 5.91 Å². The smallest absolute Gasteiger partial charge is 0.224 e. The van der Waals surface area contributed by atoms with Crippen LogP contribution in [0.2, 0.25) is 0 Å². The average molecular weight is 345 g/mol. The molecular weight excluding hydrogens is 322 g/mol. The highest BCUT2D eigenvalue weighted by molar-refractivity contribution is 5.78. The van der Waals surface area contributed by atoms with E-state index in [1.54, 1.807) is 7.11 Å². The second kappa shape index (κ2) is 8.86. The molecule has 3 aromatic carbocycles. The molecule has 0 aliphatic carbocycles. The molecule has 0 radical (unpaired) electrons. The fraction of sp³-hybridized carbons (Fsp3) is 0.174. The van der Waals surface area contributed by atoms with Gasteiger partial charge in [-0.2, -0.15) is 0 Å². The van der Waals surface area contributed by atoms with Crippen molar-refractivity contribution >= 4 is 5.91 Å². The number of hydrogen-bond donors (Lipinski definition) is 1. The monoisotopic (exact) mass is 345 g/mol. The zero-order valence-electron chi connectivity index (χ0n) is 14.9. The van der Waals surface area contributed by atoms with Crippen molar-refractivity contribution < 1.29 is 9.53 Å². The predicted octanol–water partition coefficient (Wildman–Crippen LogP) is 4.26. The third-order valence-electron chi connectivity index (χ3n) is 4.32. The summed E-state index contributed by atoms with van der Waals surface area (Å²) in [6.07, 6.45) is 1.21. The van der Waals surface area contributed by atoms with Crippen LogP contribution in [-0.4, -0.2) is 19.6 Å². The van der Waals surface area contributed by atoms with Crippen molar-refractivity contribution in [3.63, 3.8) is 0 Å². The van der Waals surface area contributed by atoms with Gasteiger partial charge in [-0.05, 0) is 40.8 Å². The second-order valence-corrected chi connectivity index (χ2v) is 6.19. The first-order valence-corrected chi connectivity index (χ1v) is 8.78. The molecule has 3 heteroatoms. The standard InChI is InChI=1S/C23H23NO2/c1-26-22-13-9-18(10-14-22)15-16-24-23(25)17-19-7-11-21(12-8-19)20-5-3-2-4-6-20/h2-14H,15-17H2,1H3,(H,24,25). The number of carbonyl (C=O) groups excluding carboxylic acids is 1. The van der Waals surface area contributed by atoms with E-state index in [1.807, 2.05) is 54.6 Å². The molecule has 0 aliphatic rings. The first-order chi connectivity index (χ1) is 12.7. The van der Waals surface area contributed by atoms with Crippen LogP contribution in [0.5, 0.6) is 5.75 Å². The third kappa shape index (κ3) is 4.96. The molecule has 0 fully saturated rings. The SMILES string of the molecule is COc1ccc(CCNC(=O)Cc2ccc(-c3ccccc3)cc2)cc1. The number of nitrogens with one attached hydrogen (secondary N) is 1. The number of carbonyl (C=O) groups is 1. The van der Waals surface area contributed by atoms with E-state index in [1.165, 1.54) is 11.1 Å². The minimum absolute atomic E-state index is 0.0472. The molecule has 0 spiro atoms. The highest BCUT2D eigenvalue weighted by Gasteiger charge is 2.04. The van der Waals surface area contributed by atoms with Gasteiger partial charge in [-0.15, -0.1) is 0 Å². The van der Waals surface area contributed by atoms with Gasteiger partial charge in [0.05, 0.1) is 13.5 Å². The van der Waals surface area contributed by atoms with Crippen LogP contribution in [-0.2, 0) is 17.6 Å². The Labute approximate surface area is 154 Å². The van der Waals surface area contributed by atoms with E-state index < -0.39 is 0 Å². The van der Waals surface area contributed by atoms with Crippen LogP contribution in [0.25, 0.3) is 11.1 Å². The normalized spacial score (nSPS) is 10.3. The third-order valence-corrected chi connectivity index (χ3v) is 4.32. The van der Waals surface area contributed by atoms with Gasteiger partial charge in [0.15, 0.2) is 0 Å². The first kappa shape index (κ1) is 17.7. The summed E-state index contributed by atoms with van der Waals surface area (Å²) >= 11 is 0. The van der Waals surface area contributed by atoms with Crippen LogP contribution in [0, 0.1) is 0 Å². The quantitative estimate of drug-likeness (QED) is 0.695. The van der Waals surface area contributed by atoms with Crippen LogP contribution in [0.4, 0.5) is 0 Å². The zero-order chi connectivity index (χ0) is 18.2. The van der Waals surface area contributed by atoms with E-state index in [0.717, 1.165) is 23.3 Å². The molecule has 3 aromatic rings. The van der Waals surface area contributed by atoms with Gasteiger partial charge in [-0.25, -0.2) is 0 Å². The van der Waals surface area contributed by atoms with Crippen molar-refractivity contribution in [3.8, 4) is 16.9 Å². The Kier molecular flexibility index (Phi) is 6.05. The van der Waals surface area contributed by atoms with E-state index in [2.05, 4.69) is 29.6 Å². The van der Waals surface area contributed by atoms with Crippen LogP contribution in [0.3, 0.4) is 0 Å². The molecule has 0 saturated heterocycles. The summed E-state index contributed by atoms with van der Waals surface area (Å²) in [7, 11) is 1.65. The fourth-order valence-corrected chi connectivity index (χ4v) is 2.83. The maximum atomic E-state index is 12.1. The van der Waals surface area contributed by atoms with Crippen LogP contribution in [0.15, 0.2) is 78.9 Å². The molecule has 0 unspecified atom stereocenters. The molecule has 132 valence electrons. The Morgan fingerprint density at radius 3 is 2.08 bits per heavy atom. The molecule has 0 atom stereocenters. The van der Waals surface area contributed by atoms with Gasteiger partial charge in [0.25, 0.3) is 0 Å². The van der Waals surface area contributed by atoms with E-state index >= 15 is 0 Å². The Bertz CT molecular complexity index is 824. The van der Waals surface area contributed by atoms with Gasteiger partial charge in [0, 0.05) is 6.54 Å². The summed E-state index contributed by atoms with van der Waals surface area (Å²) in [4.78, 5) is 12.1. The Balaban J connectivity index is 1.47. The van der Waals surface area contributed by atoms with Crippen molar-refractivity contribution in [3.05, 3.63) is 90.0 Å². The number of rotatable bonds is 7. The number of amides is 1. The molecule has 1 amide bonds.